The van der Waals surface area contributed by atoms with E-state index in [1.165, 1.54) is 158 Å². The number of aryl methyl sites for hydroxylation is 1. The van der Waals surface area contributed by atoms with Crippen molar-refractivity contribution >= 4 is 57.2 Å². The fraction of sp³-hybridized carbons (Fsp3) is 0.407. The van der Waals surface area contributed by atoms with Gasteiger partial charge in [-0.2, -0.15) is 0 Å². The lowest BCUT2D eigenvalue weighted by atomic mass is 9.30. The molecule has 0 aromatic heterocycles. The Balaban J connectivity index is 1.16. The Kier molecular flexibility index (Phi) is 14.5. The minimum absolute atomic E-state index is 0.000995. The van der Waals surface area contributed by atoms with E-state index in [0.717, 1.165) is 19.3 Å². The van der Waals surface area contributed by atoms with Gasteiger partial charge < -0.3 is 9.80 Å². The van der Waals surface area contributed by atoms with Crippen molar-refractivity contribution < 1.29 is 0 Å². The van der Waals surface area contributed by atoms with Crippen LogP contribution in [0, 0.1) is 6.92 Å². The zero-order valence-electron chi connectivity index (χ0n) is 61.3. The molecule has 14 rings (SSSR count). The quantitative estimate of drug-likeness (QED) is 0.147. The Morgan fingerprint density at radius 3 is 1.43 bits per heavy atom. The summed E-state index contributed by atoms with van der Waals surface area (Å²) in [6, 6.07) is 69.4. The minimum Gasteiger partial charge on any atom is -0.311 e. The van der Waals surface area contributed by atoms with Crippen molar-refractivity contribution in [1.82, 2.24) is 0 Å². The van der Waals surface area contributed by atoms with Crippen LogP contribution >= 0.6 is 0 Å². The third-order valence-corrected chi connectivity index (χ3v) is 24.3. The van der Waals surface area contributed by atoms with Gasteiger partial charge in [-0.15, -0.1) is 0 Å². The highest BCUT2D eigenvalue weighted by atomic mass is 15.2. The summed E-state index contributed by atoms with van der Waals surface area (Å²) in [6.07, 6.45) is 5.50. The molecule has 94 heavy (non-hydrogen) atoms. The average molecular weight is 1240 g/mol. The standard InChI is InChI=1S/C91H105BN2/c1-56-46-59(83(2,3)4)33-32-58(56)47-66-67-49-60(84(5,6)7)34-40-77(67)92-78-54-75-76(91(21,22)72-31-27-26-30-71(72)90(75,19)20)55-80(78)94(79-41-35-61(85(8,9)10)48-65(79)57-28-24-23-25-29-57)81-53-64(50-68(66)82(81)92)93(62-36-38-69-73(51-62)88(15,16)44-42-86(69,11)12)63-37-39-70-74(52-63)89(17,18)45-43-87(70,13)14/h23-41,46,48-55,66H,42-45,47H2,1-22H3. The summed E-state index contributed by atoms with van der Waals surface area (Å²) in [5.74, 6) is 0.0231. The first-order valence-corrected chi connectivity index (χ1v) is 35.7. The zero-order chi connectivity index (χ0) is 67.2. The van der Waals surface area contributed by atoms with Crippen LogP contribution in [0.3, 0.4) is 0 Å². The number of hydrogen-bond acceptors (Lipinski definition) is 2. The lowest BCUT2D eigenvalue weighted by molar-refractivity contribution is 0.332. The molecule has 0 spiro atoms. The maximum Gasteiger partial charge on any atom is 0.247 e. The van der Waals surface area contributed by atoms with Crippen LogP contribution in [-0.2, 0) is 55.2 Å². The van der Waals surface area contributed by atoms with Gasteiger partial charge in [-0.3, -0.25) is 0 Å². The summed E-state index contributed by atoms with van der Waals surface area (Å²) >= 11 is 0. The van der Waals surface area contributed by atoms with Gasteiger partial charge in [-0.05, 0) is 231 Å². The van der Waals surface area contributed by atoms with Crippen molar-refractivity contribution in [3.8, 4) is 11.1 Å². The topological polar surface area (TPSA) is 6.48 Å². The summed E-state index contributed by atoms with van der Waals surface area (Å²) in [5, 5.41) is 0. The molecular formula is C91H105BN2. The number of benzene rings is 9. The van der Waals surface area contributed by atoms with Gasteiger partial charge >= 0.3 is 0 Å². The zero-order valence-corrected chi connectivity index (χ0v) is 61.3. The van der Waals surface area contributed by atoms with E-state index in [1.54, 1.807) is 0 Å². The maximum atomic E-state index is 2.79. The minimum atomic E-state index is -0.286. The number of hydrogen-bond donors (Lipinski definition) is 0. The van der Waals surface area contributed by atoms with Gasteiger partial charge in [-0.25, -0.2) is 0 Å². The van der Waals surface area contributed by atoms with Gasteiger partial charge in [0.15, 0.2) is 0 Å². The number of nitrogens with zero attached hydrogens (tertiary/aromatic N) is 2. The Morgan fingerprint density at radius 2 is 0.883 bits per heavy atom. The molecule has 9 aromatic rings. The highest BCUT2D eigenvalue weighted by molar-refractivity contribution is 6.99. The first-order chi connectivity index (χ1) is 43.9. The average Bonchev–Trinajstić information content (AvgIpc) is 0.685. The van der Waals surface area contributed by atoms with E-state index in [9.17, 15) is 0 Å². The predicted molar refractivity (Wildman–Crippen MR) is 406 cm³/mol. The summed E-state index contributed by atoms with van der Waals surface area (Å²) < 4.78 is 0. The SMILES string of the molecule is Cc1cc(C(C)(C)C)ccc1CC1c2cc(C(C)(C)C)ccc2B2c3cc4c(cc3N(c3ccc(C(C)(C)C)cc3-c3ccccc3)c3cc(N(c5ccc6c(c5)C(C)(C)CCC6(C)C)c5ccc6c(c5)C(C)(C)CCC6(C)C)cc1c32)C(C)(C)c1ccccc1C4(C)C. The third-order valence-electron chi connectivity index (χ3n) is 24.3. The fourth-order valence-electron chi connectivity index (χ4n) is 17.9. The van der Waals surface area contributed by atoms with Gasteiger partial charge in [0.05, 0.1) is 5.69 Å². The second kappa shape index (κ2) is 21.3. The van der Waals surface area contributed by atoms with Gasteiger partial charge in [0, 0.05) is 50.7 Å². The molecule has 3 heteroatoms. The molecule has 0 saturated carbocycles. The molecule has 2 aliphatic heterocycles. The molecule has 3 aliphatic carbocycles. The van der Waals surface area contributed by atoms with E-state index < -0.39 is 0 Å². The first kappa shape index (κ1) is 64.0. The molecule has 2 nitrogen and oxygen atoms in total. The number of anilines is 6. The van der Waals surface area contributed by atoms with Crippen LogP contribution in [-0.4, -0.2) is 6.71 Å². The predicted octanol–water partition coefficient (Wildman–Crippen LogP) is 22.7. The van der Waals surface area contributed by atoms with Crippen molar-refractivity contribution in [2.24, 2.45) is 0 Å². The second-order valence-corrected chi connectivity index (χ2v) is 36.4. The molecule has 1 unspecified atom stereocenters. The van der Waals surface area contributed by atoms with E-state index in [1.807, 2.05) is 0 Å². The monoisotopic (exact) mass is 1240 g/mol. The smallest absolute Gasteiger partial charge is 0.247 e. The van der Waals surface area contributed by atoms with Crippen molar-refractivity contribution in [2.75, 3.05) is 9.80 Å². The van der Waals surface area contributed by atoms with Gasteiger partial charge in [0.25, 0.3) is 0 Å². The lowest BCUT2D eigenvalue weighted by Gasteiger charge is -2.48. The molecule has 482 valence electrons. The number of rotatable bonds is 7. The third kappa shape index (κ3) is 10.2. The first-order valence-electron chi connectivity index (χ1n) is 35.7. The lowest BCUT2D eigenvalue weighted by Crippen LogP contribution is -2.62. The summed E-state index contributed by atoms with van der Waals surface area (Å²) in [5.41, 5.74) is 34.8. The van der Waals surface area contributed by atoms with E-state index in [0.29, 0.717) is 0 Å². The Morgan fingerprint density at radius 1 is 0.394 bits per heavy atom. The normalized spacial score (nSPS) is 19.0. The van der Waals surface area contributed by atoms with Crippen molar-refractivity contribution in [1.29, 1.82) is 0 Å². The summed E-state index contributed by atoms with van der Waals surface area (Å²) in [6.45, 7) is 53.5. The molecule has 0 radical (unpaired) electrons. The molecule has 2 heterocycles. The van der Waals surface area contributed by atoms with Crippen LogP contribution in [0.5, 0.6) is 0 Å². The molecule has 0 saturated heterocycles. The van der Waals surface area contributed by atoms with E-state index in [-0.39, 0.29) is 61.4 Å². The van der Waals surface area contributed by atoms with Crippen LogP contribution in [0.2, 0.25) is 0 Å². The Bertz CT molecular complexity index is 4480. The van der Waals surface area contributed by atoms with Crippen LogP contribution in [0.25, 0.3) is 11.1 Å². The van der Waals surface area contributed by atoms with Gasteiger partial charge in [0.1, 0.15) is 0 Å². The Hall–Kier alpha value is -7.36. The molecule has 0 amide bonds. The van der Waals surface area contributed by atoms with Gasteiger partial charge in [0.2, 0.25) is 6.71 Å². The second-order valence-electron chi connectivity index (χ2n) is 36.4. The van der Waals surface area contributed by atoms with Crippen LogP contribution in [0.1, 0.15) is 260 Å². The molecule has 5 aliphatic rings. The summed E-state index contributed by atoms with van der Waals surface area (Å²) in [4.78, 5) is 5.50. The highest BCUT2D eigenvalue weighted by Crippen LogP contribution is 2.56. The summed E-state index contributed by atoms with van der Waals surface area (Å²) in [7, 11) is 0. The molecule has 0 N–H and O–H groups in total. The maximum absolute atomic E-state index is 2.79. The van der Waals surface area contributed by atoms with E-state index in [2.05, 4.69) is 332 Å². The van der Waals surface area contributed by atoms with Gasteiger partial charge in [-0.1, -0.05) is 266 Å². The van der Waals surface area contributed by atoms with E-state index >= 15 is 0 Å². The highest BCUT2D eigenvalue weighted by Gasteiger charge is 2.50. The van der Waals surface area contributed by atoms with Crippen LogP contribution in [0.4, 0.5) is 34.1 Å². The largest absolute Gasteiger partial charge is 0.311 e. The molecule has 9 aromatic carbocycles. The van der Waals surface area contributed by atoms with E-state index in [4.69, 9.17) is 0 Å². The van der Waals surface area contributed by atoms with Crippen LogP contribution in [0.15, 0.2) is 170 Å². The Labute approximate surface area is 567 Å². The van der Waals surface area contributed by atoms with Crippen molar-refractivity contribution in [3.63, 3.8) is 0 Å². The molecule has 0 bridgehead atoms. The van der Waals surface area contributed by atoms with Crippen LogP contribution < -0.4 is 26.2 Å². The molecule has 1 atom stereocenters. The molecular weight excluding hydrogens is 1130 g/mol. The molecule has 0 fully saturated rings. The number of fused-ring (bicyclic) bond motifs is 8. The van der Waals surface area contributed by atoms with Crippen molar-refractivity contribution in [3.05, 3.63) is 253 Å². The van der Waals surface area contributed by atoms with Crippen molar-refractivity contribution in [2.45, 2.75) is 239 Å². The fourth-order valence-corrected chi connectivity index (χ4v) is 17.9.